The molecule has 5 rings (SSSR count). The zero-order chi connectivity index (χ0) is 20.4. The van der Waals surface area contributed by atoms with Crippen LogP contribution < -0.4 is 4.74 Å². The average molecular weight is 389 g/mol. The largest absolute Gasteiger partial charge is 0.494 e. The molecule has 0 amide bonds. The summed E-state index contributed by atoms with van der Waals surface area (Å²) in [6.45, 7) is 4.45. The number of ether oxygens (including phenoxy) is 1. The summed E-state index contributed by atoms with van der Waals surface area (Å²) in [5.41, 5.74) is 7.58. The van der Waals surface area contributed by atoms with E-state index in [1.807, 2.05) is 30.3 Å². The predicted molar refractivity (Wildman–Crippen MR) is 125 cm³/mol. The highest BCUT2D eigenvalue weighted by Gasteiger charge is 2.44. The molecule has 1 aliphatic carbocycles. The molecular weight excluding hydrogens is 364 g/mol. The molecule has 0 fully saturated rings. The highest BCUT2D eigenvalue weighted by molar-refractivity contribution is 5.83. The maximum absolute atomic E-state index is 6.21. The van der Waals surface area contributed by atoms with Crippen molar-refractivity contribution in [2.24, 2.45) is 0 Å². The fourth-order valence-electron chi connectivity index (χ4n) is 4.79. The van der Waals surface area contributed by atoms with Gasteiger partial charge in [0.2, 0.25) is 0 Å². The summed E-state index contributed by atoms with van der Waals surface area (Å²) in [5.74, 6) is 0.892. The quantitative estimate of drug-likeness (QED) is 0.342. The molecule has 4 aromatic rings. The molecule has 4 aromatic carbocycles. The van der Waals surface area contributed by atoms with Crippen molar-refractivity contribution in [1.82, 2.24) is 0 Å². The van der Waals surface area contributed by atoms with Crippen molar-refractivity contribution in [3.8, 4) is 16.9 Å². The maximum Gasteiger partial charge on any atom is 0.119 e. The Bertz CT molecular complexity index is 1130. The van der Waals surface area contributed by atoms with E-state index in [9.17, 15) is 0 Å². The highest BCUT2D eigenvalue weighted by atomic mass is 16.5. The molecule has 0 saturated carbocycles. The molecular formula is C29H24O. The second kappa shape index (κ2) is 7.68. The lowest BCUT2D eigenvalue weighted by molar-refractivity contribution is 0.288. The molecule has 0 N–H and O–H groups in total. The molecule has 0 radical (unpaired) electrons. The van der Waals surface area contributed by atoms with E-state index in [1.165, 1.54) is 27.8 Å². The number of rotatable bonds is 6. The van der Waals surface area contributed by atoms with Crippen molar-refractivity contribution in [2.75, 3.05) is 6.61 Å². The third-order valence-corrected chi connectivity index (χ3v) is 6.19. The molecule has 0 saturated heterocycles. The summed E-state index contributed by atoms with van der Waals surface area (Å²) in [6.07, 6.45) is 2.72. The smallest absolute Gasteiger partial charge is 0.119 e. The number of hydrogen-bond acceptors (Lipinski definition) is 1. The Morgan fingerprint density at radius 3 is 1.83 bits per heavy atom. The summed E-state index contributed by atoms with van der Waals surface area (Å²) < 4.78 is 6.21. The van der Waals surface area contributed by atoms with Crippen LogP contribution in [0.4, 0.5) is 0 Å². The van der Waals surface area contributed by atoms with Crippen molar-refractivity contribution < 1.29 is 4.74 Å². The van der Waals surface area contributed by atoms with Crippen LogP contribution in [0.15, 0.2) is 110 Å². The molecule has 0 aromatic heterocycles. The van der Waals surface area contributed by atoms with Gasteiger partial charge in [-0.1, -0.05) is 104 Å². The monoisotopic (exact) mass is 388 g/mol. The van der Waals surface area contributed by atoms with Crippen LogP contribution in [0, 0.1) is 0 Å². The van der Waals surface area contributed by atoms with Gasteiger partial charge in [-0.3, -0.25) is 0 Å². The molecule has 30 heavy (non-hydrogen) atoms. The second-order valence-corrected chi connectivity index (χ2v) is 7.73. The molecule has 0 unspecified atom stereocenters. The van der Waals surface area contributed by atoms with E-state index in [0.29, 0.717) is 6.61 Å². The summed E-state index contributed by atoms with van der Waals surface area (Å²) >= 11 is 0. The van der Waals surface area contributed by atoms with Gasteiger partial charge in [0.05, 0.1) is 6.61 Å². The van der Waals surface area contributed by atoms with Gasteiger partial charge in [0, 0.05) is 5.41 Å². The summed E-state index contributed by atoms with van der Waals surface area (Å²) in [4.78, 5) is 0. The third-order valence-electron chi connectivity index (χ3n) is 6.19. The Morgan fingerprint density at radius 1 is 0.667 bits per heavy atom. The van der Waals surface area contributed by atoms with E-state index < -0.39 is 0 Å². The van der Waals surface area contributed by atoms with E-state index >= 15 is 0 Å². The topological polar surface area (TPSA) is 9.23 Å². The molecule has 1 heteroatoms. The van der Waals surface area contributed by atoms with Crippen LogP contribution in [0.25, 0.3) is 17.2 Å². The summed E-state index contributed by atoms with van der Waals surface area (Å²) in [5, 5.41) is 0. The van der Waals surface area contributed by atoms with E-state index in [4.69, 9.17) is 4.74 Å². The molecule has 0 atom stereocenters. The van der Waals surface area contributed by atoms with Gasteiger partial charge in [-0.25, -0.2) is 0 Å². The lowest BCUT2D eigenvalue weighted by Crippen LogP contribution is -2.29. The van der Waals surface area contributed by atoms with Crippen LogP contribution in [0.2, 0.25) is 0 Å². The van der Waals surface area contributed by atoms with Gasteiger partial charge in [-0.2, -0.15) is 0 Å². The van der Waals surface area contributed by atoms with Crippen LogP contribution in [0.5, 0.6) is 5.75 Å². The highest BCUT2D eigenvalue weighted by Crippen LogP contribution is 2.54. The van der Waals surface area contributed by atoms with Gasteiger partial charge in [-0.05, 0) is 51.9 Å². The Hall–Kier alpha value is -3.58. The summed E-state index contributed by atoms with van der Waals surface area (Å²) in [6, 6.07) is 36.6. The molecule has 1 aliphatic rings. The lowest BCUT2D eigenvalue weighted by Gasteiger charge is -2.33. The van der Waals surface area contributed by atoms with Crippen LogP contribution in [0.1, 0.15) is 28.7 Å². The van der Waals surface area contributed by atoms with Crippen molar-refractivity contribution in [1.29, 1.82) is 0 Å². The molecule has 0 bridgehead atoms. The molecule has 1 nitrogen and oxygen atoms in total. The Balaban J connectivity index is 1.57. The molecule has 146 valence electrons. The van der Waals surface area contributed by atoms with Gasteiger partial charge in [-0.15, -0.1) is 0 Å². The summed E-state index contributed by atoms with van der Waals surface area (Å²) in [7, 11) is 0. The van der Waals surface area contributed by atoms with E-state index in [0.717, 1.165) is 17.7 Å². The molecule has 0 aliphatic heterocycles. The van der Waals surface area contributed by atoms with Crippen LogP contribution >= 0.6 is 0 Å². The van der Waals surface area contributed by atoms with E-state index in [2.05, 4.69) is 85.4 Å². The first-order valence-corrected chi connectivity index (χ1v) is 10.4. The van der Waals surface area contributed by atoms with Crippen molar-refractivity contribution in [3.63, 3.8) is 0 Å². The van der Waals surface area contributed by atoms with Crippen molar-refractivity contribution in [3.05, 3.63) is 132 Å². The van der Waals surface area contributed by atoms with E-state index in [1.54, 1.807) is 0 Å². The molecule has 0 heterocycles. The van der Waals surface area contributed by atoms with Crippen LogP contribution in [-0.4, -0.2) is 6.61 Å². The molecule has 0 spiro atoms. The minimum absolute atomic E-state index is 0.213. The predicted octanol–water partition coefficient (Wildman–Crippen LogP) is 7.11. The lowest BCUT2D eigenvalue weighted by atomic mass is 9.70. The third kappa shape index (κ3) is 2.95. The van der Waals surface area contributed by atoms with Crippen molar-refractivity contribution >= 4 is 6.08 Å². The van der Waals surface area contributed by atoms with Gasteiger partial charge in [0.1, 0.15) is 5.75 Å². The Kier molecular flexibility index (Phi) is 4.72. The first-order valence-electron chi connectivity index (χ1n) is 10.4. The van der Waals surface area contributed by atoms with Gasteiger partial charge in [0.15, 0.2) is 0 Å². The fraction of sp³-hybridized carbons (Fsp3) is 0.103. The first-order chi connectivity index (χ1) is 14.8. The minimum Gasteiger partial charge on any atom is -0.494 e. The fourth-order valence-corrected chi connectivity index (χ4v) is 4.79. The minimum atomic E-state index is -0.213. The SMILES string of the molecule is C=Cc1ccc(OCCC2(c3ccccc3)c3ccccc3-c3ccccc32)cc1. The van der Waals surface area contributed by atoms with Gasteiger partial charge in [0.25, 0.3) is 0 Å². The first kappa shape index (κ1) is 18.4. The number of fused-ring (bicyclic) bond motifs is 3. The zero-order valence-electron chi connectivity index (χ0n) is 16.9. The standard InChI is InChI=1S/C29H24O/c1-2-22-16-18-24(19-17-22)30-21-20-29(23-10-4-3-5-11-23)27-14-8-6-12-25(27)26-13-7-9-15-28(26)29/h2-19H,1,20-21H2. The van der Waals surface area contributed by atoms with Crippen LogP contribution in [0.3, 0.4) is 0 Å². The van der Waals surface area contributed by atoms with Crippen molar-refractivity contribution in [2.45, 2.75) is 11.8 Å². The van der Waals surface area contributed by atoms with Gasteiger partial charge < -0.3 is 4.74 Å². The van der Waals surface area contributed by atoms with Crippen LogP contribution in [-0.2, 0) is 5.41 Å². The zero-order valence-corrected chi connectivity index (χ0v) is 16.9. The maximum atomic E-state index is 6.21. The number of benzene rings is 4. The Morgan fingerprint density at radius 2 is 1.23 bits per heavy atom. The number of hydrogen-bond donors (Lipinski definition) is 0. The normalized spacial score (nSPS) is 13.3. The Labute approximate surface area is 178 Å². The van der Waals surface area contributed by atoms with Gasteiger partial charge >= 0.3 is 0 Å². The second-order valence-electron chi connectivity index (χ2n) is 7.73. The average Bonchev–Trinajstić information content (AvgIpc) is 3.11. The van der Waals surface area contributed by atoms with E-state index in [-0.39, 0.29) is 5.41 Å².